The molecule has 0 aliphatic carbocycles. The van der Waals surface area contributed by atoms with Crippen LogP contribution in [0, 0.1) is 11.3 Å². The SMILES string of the molecule is CCCOc1ccc(-c2[nH]nc3c2[C@@H](c2cc(Cl)ccc2O)C(C#N)=C(N)O3)cc1. The third kappa shape index (κ3) is 3.42. The first kappa shape index (κ1) is 19.7. The molecule has 30 heavy (non-hydrogen) atoms. The van der Waals surface area contributed by atoms with Gasteiger partial charge >= 0.3 is 0 Å². The first-order valence-corrected chi connectivity index (χ1v) is 9.78. The maximum Gasteiger partial charge on any atom is 0.244 e. The lowest BCUT2D eigenvalue weighted by Gasteiger charge is -2.24. The van der Waals surface area contributed by atoms with Gasteiger partial charge in [-0.15, -0.1) is 5.10 Å². The van der Waals surface area contributed by atoms with E-state index >= 15 is 0 Å². The van der Waals surface area contributed by atoms with Crippen molar-refractivity contribution in [3.63, 3.8) is 0 Å². The third-order valence-corrected chi connectivity index (χ3v) is 5.09. The number of nitrogens with two attached hydrogens (primary N) is 1. The average molecular weight is 423 g/mol. The summed E-state index contributed by atoms with van der Waals surface area (Å²) in [6.45, 7) is 2.68. The molecule has 1 aromatic heterocycles. The van der Waals surface area contributed by atoms with Gasteiger partial charge < -0.3 is 20.3 Å². The zero-order chi connectivity index (χ0) is 21.3. The standard InChI is InChI=1S/C22H19ClN4O3/c1-2-9-29-14-6-3-12(4-7-14)20-19-18(15-10-13(23)5-8-17(15)28)16(11-24)21(25)30-22(19)27-26-20/h3-8,10,18,28H,2,9,25H2,1H3,(H,26,27)/t18-/m0/s1. The Hall–Kier alpha value is -3.63. The number of rotatable bonds is 5. The van der Waals surface area contributed by atoms with Crippen molar-refractivity contribution in [2.75, 3.05) is 6.61 Å². The number of phenolic OH excluding ortho intramolecular Hbond substituents is 1. The predicted molar refractivity (Wildman–Crippen MR) is 112 cm³/mol. The first-order valence-electron chi connectivity index (χ1n) is 9.41. The van der Waals surface area contributed by atoms with Crippen molar-refractivity contribution in [3.8, 4) is 34.7 Å². The van der Waals surface area contributed by atoms with Gasteiger partial charge in [0.05, 0.1) is 23.8 Å². The Balaban J connectivity index is 1.85. The zero-order valence-corrected chi connectivity index (χ0v) is 16.9. The third-order valence-electron chi connectivity index (χ3n) is 4.86. The van der Waals surface area contributed by atoms with Crippen molar-refractivity contribution in [2.45, 2.75) is 19.3 Å². The number of hydrogen-bond donors (Lipinski definition) is 3. The molecule has 2 heterocycles. The van der Waals surface area contributed by atoms with Crippen LogP contribution in [-0.4, -0.2) is 21.9 Å². The second-order valence-electron chi connectivity index (χ2n) is 6.82. The number of allylic oxidation sites excluding steroid dienone is 1. The molecule has 0 saturated carbocycles. The second-order valence-corrected chi connectivity index (χ2v) is 7.25. The van der Waals surface area contributed by atoms with Crippen LogP contribution in [0.15, 0.2) is 53.9 Å². The van der Waals surface area contributed by atoms with E-state index in [-0.39, 0.29) is 23.1 Å². The highest BCUT2D eigenvalue weighted by molar-refractivity contribution is 6.30. The van der Waals surface area contributed by atoms with E-state index in [4.69, 9.17) is 26.8 Å². The molecule has 0 unspecified atom stereocenters. The lowest BCUT2D eigenvalue weighted by atomic mass is 9.82. The molecular formula is C22H19ClN4O3. The normalized spacial score (nSPS) is 15.3. The molecule has 0 amide bonds. The largest absolute Gasteiger partial charge is 0.508 e. The predicted octanol–water partition coefficient (Wildman–Crippen LogP) is 4.44. The monoisotopic (exact) mass is 422 g/mol. The van der Waals surface area contributed by atoms with Gasteiger partial charge in [0, 0.05) is 16.1 Å². The number of aromatic nitrogens is 2. The number of nitrogens with one attached hydrogen (secondary N) is 1. The Kier molecular flexibility index (Phi) is 5.25. The number of aromatic amines is 1. The lowest BCUT2D eigenvalue weighted by Crippen LogP contribution is -2.21. The summed E-state index contributed by atoms with van der Waals surface area (Å²) in [4.78, 5) is 0. The summed E-state index contributed by atoms with van der Waals surface area (Å²) in [5.41, 5.74) is 8.67. The Bertz CT molecular complexity index is 1160. The molecule has 4 N–H and O–H groups in total. The molecule has 4 rings (SSSR count). The van der Waals surface area contributed by atoms with Crippen LogP contribution in [0.25, 0.3) is 11.3 Å². The first-order chi connectivity index (χ1) is 14.5. The topological polar surface area (TPSA) is 117 Å². The minimum absolute atomic E-state index is 0.00624. The molecule has 1 aliphatic heterocycles. The molecule has 152 valence electrons. The minimum Gasteiger partial charge on any atom is -0.508 e. The Morgan fingerprint density at radius 2 is 2.07 bits per heavy atom. The lowest BCUT2D eigenvalue weighted by molar-refractivity contribution is 0.317. The molecule has 8 heteroatoms. The number of halogens is 1. The summed E-state index contributed by atoms with van der Waals surface area (Å²) < 4.78 is 11.2. The highest BCUT2D eigenvalue weighted by atomic mass is 35.5. The van der Waals surface area contributed by atoms with Crippen LogP contribution < -0.4 is 15.2 Å². The summed E-state index contributed by atoms with van der Waals surface area (Å²) in [5.74, 6) is 0.250. The molecule has 1 atom stereocenters. The molecule has 0 bridgehead atoms. The van der Waals surface area contributed by atoms with Gasteiger partial charge in [-0.3, -0.25) is 5.10 Å². The van der Waals surface area contributed by atoms with Gasteiger partial charge in [0.15, 0.2) is 0 Å². The maximum atomic E-state index is 10.5. The van der Waals surface area contributed by atoms with E-state index in [9.17, 15) is 10.4 Å². The Morgan fingerprint density at radius 3 is 2.77 bits per heavy atom. The van der Waals surface area contributed by atoms with Gasteiger partial charge in [0.25, 0.3) is 0 Å². The summed E-state index contributed by atoms with van der Waals surface area (Å²) in [5, 5.41) is 27.9. The molecule has 2 aromatic carbocycles. The van der Waals surface area contributed by atoms with Crippen molar-refractivity contribution in [3.05, 3.63) is 70.1 Å². The van der Waals surface area contributed by atoms with Crippen LogP contribution in [0.5, 0.6) is 17.4 Å². The van der Waals surface area contributed by atoms with Crippen LogP contribution in [0.2, 0.25) is 5.02 Å². The molecular weight excluding hydrogens is 404 g/mol. The number of nitriles is 1. The molecule has 0 radical (unpaired) electrons. The number of hydrogen-bond acceptors (Lipinski definition) is 6. The van der Waals surface area contributed by atoms with Gasteiger partial charge in [-0.2, -0.15) is 5.26 Å². The second kappa shape index (κ2) is 8.01. The highest BCUT2D eigenvalue weighted by Gasteiger charge is 2.37. The number of ether oxygens (including phenoxy) is 2. The smallest absolute Gasteiger partial charge is 0.244 e. The zero-order valence-electron chi connectivity index (χ0n) is 16.1. The Labute approximate surface area is 178 Å². The van der Waals surface area contributed by atoms with Crippen molar-refractivity contribution in [1.29, 1.82) is 5.26 Å². The van der Waals surface area contributed by atoms with Crippen LogP contribution in [0.3, 0.4) is 0 Å². The summed E-state index contributed by atoms with van der Waals surface area (Å²) in [7, 11) is 0. The highest BCUT2D eigenvalue weighted by Crippen LogP contribution is 2.48. The van der Waals surface area contributed by atoms with Gasteiger partial charge in [-0.05, 0) is 48.9 Å². The molecule has 7 nitrogen and oxygen atoms in total. The van der Waals surface area contributed by atoms with E-state index in [1.54, 1.807) is 12.1 Å². The summed E-state index contributed by atoms with van der Waals surface area (Å²) in [6.07, 6.45) is 0.919. The number of aromatic hydroxyl groups is 1. The fourth-order valence-corrected chi connectivity index (χ4v) is 3.65. The minimum atomic E-state index is -0.692. The van der Waals surface area contributed by atoms with Gasteiger partial charge in [0.2, 0.25) is 11.8 Å². The fourth-order valence-electron chi connectivity index (χ4n) is 3.47. The quantitative estimate of drug-likeness (QED) is 0.559. The molecule has 0 spiro atoms. The number of fused-ring (bicyclic) bond motifs is 1. The van der Waals surface area contributed by atoms with E-state index in [1.807, 2.05) is 31.2 Å². The average Bonchev–Trinajstić information content (AvgIpc) is 3.16. The maximum absolute atomic E-state index is 10.5. The van der Waals surface area contributed by atoms with Gasteiger partial charge in [-0.25, -0.2) is 0 Å². The Morgan fingerprint density at radius 1 is 1.30 bits per heavy atom. The number of phenols is 1. The van der Waals surface area contributed by atoms with E-state index < -0.39 is 5.92 Å². The van der Waals surface area contributed by atoms with Crippen LogP contribution >= 0.6 is 11.6 Å². The van der Waals surface area contributed by atoms with E-state index in [1.165, 1.54) is 6.07 Å². The van der Waals surface area contributed by atoms with E-state index in [0.717, 1.165) is 17.7 Å². The summed E-state index contributed by atoms with van der Waals surface area (Å²) in [6, 6.07) is 14.3. The van der Waals surface area contributed by atoms with E-state index in [2.05, 4.69) is 16.3 Å². The van der Waals surface area contributed by atoms with Crippen LogP contribution in [0.4, 0.5) is 0 Å². The molecule has 0 fully saturated rings. The number of H-pyrrole nitrogens is 1. The van der Waals surface area contributed by atoms with Gasteiger partial charge in [0.1, 0.15) is 23.1 Å². The van der Waals surface area contributed by atoms with Gasteiger partial charge in [-0.1, -0.05) is 18.5 Å². The van der Waals surface area contributed by atoms with Crippen molar-refractivity contribution in [1.82, 2.24) is 10.2 Å². The molecule has 1 aliphatic rings. The van der Waals surface area contributed by atoms with Crippen LogP contribution in [0.1, 0.15) is 30.4 Å². The molecule has 0 saturated heterocycles. The van der Waals surface area contributed by atoms with Crippen molar-refractivity contribution in [2.24, 2.45) is 5.73 Å². The number of benzene rings is 2. The van der Waals surface area contributed by atoms with Crippen LogP contribution in [-0.2, 0) is 0 Å². The van der Waals surface area contributed by atoms with Crippen molar-refractivity contribution < 1.29 is 14.6 Å². The fraction of sp³-hybridized carbons (Fsp3) is 0.182. The van der Waals surface area contributed by atoms with E-state index in [0.29, 0.717) is 28.5 Å². The van der Waals surface area contributed by atoms with Crippen molar-refractivity contribution >= 4 is 11.6 Å². The summed E-state index contributed by atoms with van der Waals surface area (Å²) >= 11 is 6.17. The number of nitrogens with zero attached hydrogens (tertiary/aromatic N) is 2. The molecule has 3 aromatic rings.